The molecule has 0 radical (unpaired) electrons. The summed E-state index contributed by atoms with van der Waals surface area (Å²) >= 11 is 0. The van der Waals surface area contributed by atoms with E-state index in [-0.39, 0.29) is 36.7 Å². The van der Waals surface area contributed by atoms with Gasteiger partial charge < -0.3 is 0 Å². The van der Waals surface area contributed by atoms with Gasteiger partial charge in [0.2, 0.25) is 0 Å². The number of rotatable bonds is 2. The molecule has 0 aliphatic heterocycles. The molecule has 0 atom stereocenters. The Morgan fingerprint density at radius 2 is 1.44 bits per heavy atom. The van der Waals surface area contributed by atoms with Crippen LogP contribution in [0.2, 0.25) is 0 Å². The van der Waals surface area contributed by atoms with Crippen molar-refractivity contribution in [2.45, 2.75) is 72.1 Å². The summed E-state index contributed by atoms with van der Waals surface area (Å²) in [6.45, 7) is 18.7. The molecule has 0 heterocycles. The molecule has 0 saturated heterocycles. The van der Waals surface area contributed by atoms with E-state index in [1.54, 1.807) is 0 Å². The largest absolute Gasteiger partial charge is 0.145 e. The quantitative estimate of drug-likeness (QED) is 0.236. The van der Waals surface area contributed by atoms with Gasteiger partial charge in [0, 0.05) is 25.8 Å². The molecule has 3 aromatic rings. The molecule has 0 unspecified atom stereocenters. The molecule has 0 nitrogen and oxygen atoms in total. The summed E-state index contributed by atoms with van der Waals surface area (Å²) in [7, 11) is 0. The molecule has 0 spiro atoms. The molecule has 0 fully saturated rings. The van der Waals surface area contributed by atoms with Crippen LogP contribution in [-0.4, -0.2) is 0 Å². The van der Waals surface area contributed by atoms with Crippen LogP contribution in [0.4, 0.5) is 0 Å². The third-order valence-corrected chi connectivity index (χ3v) is 5.31. The smallest absolute Gasteiger partial charge is 0 e. The van der Waals surface area contributed by atoms with Crippen LogP contribution in [-0.2, 0) is 36.7 Å². The van der Waals surface area contributed by atoms with Crippen LogP contribution < -0.4 is 0 Å². The van der Waals surface area contributed by atoms with Crippen LogP contribution in [0.1, 0.15) is 78.0 Å². The van der Waals surface area contributed by atoms with Gasteiger partial charge in [-0.2, -0.15) is 0 Å². The van der Waals surface area contributed by atoms with Crippen molar-refractivity contribution in [3.05, 3.63) is 65.2 Å². The maximum Gasteiger partial charge on any atom is 0 e. The van der Waals surface area contributed by atoms with Gasteiger partial charge in [0.25, 0.3) is 0 Å². The molecular formula is C26H33Hf-. The first-order valence-corrected chi connectivity index (χ1v) is 9.84. The summed E-state index contributed by atoms with van der Waals surface area (Å²) in [6.07, 6.45) is 0. The summed E-state index contributed by atoms with van der Waals surface area (Å²) in [5.74, 6) is 0.503. The Hall–Kier alpha value is -1.08. The van der Waals surface area contributed by atoms with Crippen molar-refractivity contribution >= 4 is 10.8 Å². The van der Waals surface area contributed by atoms with Gasteiger partial charge in [-0.05, 0) is 27.9 Å². The van der Waals surface area contributed by atoms with Crippen molar-refractivity contribution in [1.82, 2.24) is 0 Å². The van der Waals surface area contributed by atoms with E-state index in [0.29, 0.717) is 5.92 Å². The molecule has 0 saturated carbocycles. The summed E-state index contributed by atoms with van der Waals surface area (Å²) in [6, 6.07) is 18.1. The fraction of sp³-hybridized carbons (Fsp3) is 0.423. The third-order valence-electron chi connectivity index (χ3n) is 5.31. The van der Waals surface area contributed by atoms with Gasteiger partial charge in [-0.15, -0.1) is 34.5 Å². The zero-order chi connectivity index (χ0) is 19.3. The van der Waals surface area contributed by atoms with Crippen molar-refractivity contribution in [3.63, 3.8) is 0 Å². The van der Waals surface area contributed by atoms with Gasteiger partial charge in [-0.25, -0.2) is 0 Å². The van der Waals surface area contributed by atoms with Crippen LogP contribution >= 0.6 is 0 Å². The maximum absolute atomic E-state index is 2.37. The Morgan fingerprint density at radius 1 is 0.815 bits per heavy atom. The van der Waals surface area contributed by atoms with Gasteiger partial charge in [-0.3, -0.25) is 0 Å². The second-order valence-electron chi connectivity index (χ2n) is 9.98. The van der Waals surface area contributed by atoms with Gasteiger partial charge in [0.05, 0.1) is 0 Å². The van der Waals surface area contributed by atoms with Gasteiger partial charge in [0.1, 0.15) is 0 Å². The molecule has 0 aliphatic carbocycles. The Kier molecular flexibility index (Phi) is 6.37. The maximum atomic E-state index is 2.37. The molecular weight excluding hydrogens is 491 g/mol. The van der Waals surface area contributed by atoms with E-state index in [2.05, 4.69) is 104 Å². The normalized spacial score (nSPS) is 12.5. The predicted molar refractivity (Wildman–Crippen MR) is 116 cm³/mol. The summed E-state index contributed by atoms with van der Waals surface area (Å²) in [5.41, 5.74) is 7.51. The van der Waals surface area contributed by atoms with E-state index in [0.717, 1.165) is 0 Å². The fourth-order valence-corrected chi connectivity index (χ4v) is 4.23. The zero-order valence-corrected chi connectivity index (χ0v) is 21.8. The molecule has 3 rings (SSSR count). The minimum atomic E-state index is 0. The van der Waals surface area contributed by atoms with Crippen LogP contribution in [0.5, 0.6) is 0 Å². The van der Waals surface area contributed by atoms with E-state index < -0.39 is 0 Å². The number of hydrogen-bond donors (Lipinski definition) is 0. The first-order chi connectivity index (χ1) is 12.0. The van der Waals surface area contributed by atoms with E-state index in [4.69, 9.17) is 0 Å². The Labute approximate surface area is 184 Å². The second-order valence-corrected chi connectivity index (χ2v) is 9.98. The van der Waals surface area contributed by atoms with Gasteiger partial charge in [0.15, 0.2) is 0 Å². The van der Waals surface area contributed by atoms with Gasteiger partial charge in [-0.1, -0.05) is 96.8 Å². The van der Waals surface area contributed by atoms with E-state index in [9.17, 15) is 0 Å². The molecule has 0 bridgehead atoms. The SMILES string of the molecule is CC(C)c1c(C(C)(C)C)ccc(-c2cc3ccccc3[cH-]2)c1C(C)(C)C.[Hf]. The first-order valence-electron chi connectivity index (χ1n) is 9.84. The first kappa shape index (κ1) is 22.2. The predicted octanol–water partition coefficient (Wildman–Crippen LogP) is 7.94. The molecule has 0 aliphatic rings. The molecule has 142 valence electrons. The minimum absolute atomic E-state index is 0. The number of hydrogen-bond acceptors (Lipinski definition) is 0. The summed E-state index contributed by atoms with van der Waals surface area (Å²) < 4.78 is 0. The molecule has 27 heavy (non-hydrogen) atoms. The average molecular weight is 524 g/mol. The van der Waals surface area contributed by atoms with Crippen LogP contribution in [0.3, 0.4) is 0 Å². The third kappa shape index (κ3) is 4.34. The van der Waals surface area contributed by atoms with Crippen molar-refractivity contribution in [2.24, 2.45) is 0 Å². The van der Waals surface area contributed by atoms with Crippen LogP contribution in [0.25, 0.3) is 21.9 Å². The molecule has 0 amide bonds. The Balaban J connectivity index is 0.00000261. The summed E-state index contributed by atoms with van der Waals surface area (Å²) in [4.78, 5) is 0. The Morgan fingerprint density at radius 3 is 1.96 bits per heavy atom. The van der Waals surface area contributed by atoms with E-state index in [1.165, 1.54) is 38.6 Å². The minimum Gasteiger partial charge on any atom is -0.145 e. The van der Waals surface area contributed by atoms with Crippen molar-refractivity contribution in [2.75, 3.05) is 0 Å². The van der Waals surface area contributed by atoms with Crippen LogP contribution in [0.15, 0.2) is 48.5 Å². The van der Waals surface area contributed by atoms with Crippen molar-refractivity contribution in [3.8, 4) is 11.1 Å². The van der Waals surface area contributed by atoms with Crippen molar-refractivity contribution in [1.29, 1.82) is 0 Å². The van der Waals surface area contributed by atoms with Gasteiger partial charge >= 0.3 is 0 Å². The van der Waals surface area contributed by atoms with Crippen molar-refractivity contribution < 1.29 is 25.8 Å². The molecule has 1 heteroatoms. The number of benzene rings is 2. The number of fused-ring (bicyclic) bond motifs is 1. The zero-order valence-electron chi connectivity index (χ0n) is 18.2. The average Bonchev–Trinajstić information content (AvgIpc) is 2.95. The molecule has 3 aromatic carbocycles. The summed E-state index contributed by atoms with van der Waals surface area (Å²) in [5, 5.41) is 2.65. The molecule has 0 aromatic heterocycles. The Bertz CT molecular complexity index is 894. The molecule has 0 N–H and O–H groups in total. The van der Waals surface area contributed by atoms with Crippen LogP contribution in [0, 0.1) is 0 Å². The topological polar surface area (TPSA) is 0 Å². The fourth-order valence-electron chi connectivity index (χ4n) is 4.23. The monoisotopic (exact) mass is 525 g/mol. The van der Waals surface area contributed by atoms with E-state index in [1.807, 2.05) is 0 Å². The second kappa shape index (κ2) is 7.74. The van der Waals surface area contributed by atoms with E-state index >= 15 is 0 Å². The standard InChI is InChI=1S/C26H33.Hf/c1-17(2)23-22(25(3,4)5)14-13-21(24(23)26(6,7)8)20-15-18-11-9-10-12-19(18)16-20;/h9-17H,1-8H3;/q-1;.